The predicted octanol–water partition coefficient (Wildman–Crippen LogP) is 1.36. The normalized spacial score (nSPS) is 21.7. The first-order valence-corrected chi connectivity index (χ1v) is 8.71. The van der Waals surface area contributed by atoms with Crippen molar-refractivity contribution in [2.24, 2.45) is 0 Å². The fourth-order valence-corrected chi connectivity index (χ4v) is 3.36. The summed E-state index contributed by atoms with van der Waals surface area (Å²) in [6, 6.07) is 6.94. The van der Waals surface area contributed by atoms with E-state index in [2.05, 4.69) is 16.7 Å². The minimum atomic E-state index is -0.204. The average Bonchev–Trinajstić information content (AvgIpc) is 2.63. The van der Waals surface area contributed by atoms with Crippen molar-refractivity contribution >= 4 is 5.91 Å². The molecule has 1 aromatic carbocycles. The van der Waals surface area contributed by atoms with Crippen molar-refractivity contribution in [3.05, 3.63) is 35.6 Å². The van der Waals surface area contributed by atoms with Gasteiger partial charge in [-0.3, -0.25) is 14.6 Å². The third-order valence-electron chi connectivity index (χ3n) is 5.03. The second kappa shape index (κ2) is 8.05. The van der Waals surface area contributed by atoms with Gasteiger partial charge in [0, 0.05) is 45.3 Å². The summed E-state index contributed by atoms with van der Waals surface area (Å²) in [7, 11) is 0. The van der Waals surface area contributed by atoms with Gasteiger partial charge in [0.1, 0.15) is 5.82 Å². The van der Waals surface area contributed by atoms with Crippen molar-refractivity contribution in [2.45, 2.75) is 13.0 Å². The first kappa shape index (κ1) is 17.3. The molecule has 5 nitrogen and oxygen atoms in total. The topological polar surface area (TPSA) is 36.0 Å². The van der Waals surface area contributed by atoms with Crippen LogP contribution in [0.15, 0.2) is 24.3 Å². The van der Waals surface area contributed by atoms with Gasteiger partial charge >= 0.3 is 0 Å². The highest BCUT2D eigenvalue weighted by Gasteiger charge is 2.26. The molecule has 0 bridgehead atoms. The Morgan fingerprint density at radius 2 is 1.71 bits per heavy atom. The number of carbonyl (C=O) groups is 1. The Morgan fingerprint density at radius 3 is 2.33 bits per heavy atom. The maximum atomic E-state index is 13.1. The Bertz CT molecular complexity index is 538. The van der Waals surface area contributed by atoms with Crippen molar-refractivity contribution in [3.63, 3.8) is 0 Å². The zero-order valence-electron chi connectivity index (χ0n) is 14.3. The smallest absolute Gasteiger partial charge is 0.236 e. The molecule has 24 heavy (non-hydrogen) atoms. The van der Waals surface area contributed by atoms with Gasteiger partial charge in [-0.15, -0.1) is 0 Å². The summed E-state index contributed by atoms with van der Waals surface area (Å²) in [6.45, 7) is 8.98. The second-order valence-electron chi connectivity index (χ2n) is 6.53. The van der Waals surface area contributed by atoms with E-state index in [4.69, 9.17) is 4.74 Å². The molecule has 1 aromatic rings. The molecule has 2 saturated heterocycles. The number of piperazine rings is 1. The molecular weight excluding hydrogens is 309 g/mol. The van der Waals surface area contributed by atoms with Gasteiger partial charge in [0.05, 0.1) is 19.8 Å². The van der Waals surface area contributed by atoms with Crippen LogP contribution in [-0.4, -0.2) is 79.6 Å². The van der Waals surface area contributed by atoms with E-state index in [9.17, 15) is 9.18 Å². The lowest BCUT2D eigenvalue weighted by Gasteiger charge is -2.39. The lowest BCUT2D eigenvalue weighted by atomic mass is 10.1. The van der Waals surface area contributed by atoms with E-state index in [1.165, 1.54) is 12.1 Å². The molecule has 0 aliphatic carbocycles. The van der Waals surface area contributed by atoms with Crippen LogP contribution in [0.25, 0.3) is 0 Å². The van der Waals surface area contributed by atoms with Crippen molar-refractivity contribution in [1.29, 1.82) is 0 Å². The molecule has 2 aliphatic rings. The highest BCUT2D eigenvalue weighted by Crippen LogP contribution is 2.22. The number of amides is 1. The van der Waals surface area contributed by atoms with Gasteiger partial charge in [0.25, 0.3) is 0 Å². The Kier molecular flexibility index (Phi) is 5.81. The molecule has 0 unspecified atom stereocenters. The quantitative estimate of drug-likeness (QED) is 0.833. The minimum absolute atomic E-state index is 0.204. The number of morpholine rings is 1. The van der Waals surface area contributed by atoms with Crippen LogP contribution in [-0.2, 0) is 9.53 Å². The molecule has 1 atom stereocenters. The van der Waals surface area contributed by atoms with Crippen LogP contribution < -0.4 is 0 Å². The summed E-state index contributed by atoms with van der Waals surface area (Å²) in [5.41, 5.74) is 1.12. The molecule has 132 valence electrons. The molecule has 2 heterocycles. The number of ether oxygens (including phenoxy) is 1. The lowest BCUT2D eigenvalue weighted by molar-refractivity contribution is -0.135. The van der Waals surface area contributed by atoms with E-state index in [0.29, 0.717) is 6.54 Å². The molecule has 2 aliphatic heterocycles. The van der Waals surface area contributed by atoms with E-state index in [1.807, 2.05) is 17.0 Å². The molecule has 3 rings (SSSR count). The fourth-order valence-electron chi connectivity index (χ4n) is 3.36. The van der Waals surface area contributed by atoms with Crippen LogP contribution in [0.1, 0.15) is 18.5 Å². The molecule has 0 aromatic heterocycles. The molecule has 0 saturated carbocycles. The Balaban J connectivity index is 1.47. The van der Waals surface area contributed by atoms with Crippen LogP contribution in [0.3, 0.4) is 0 Å². The van der Waals surface area contributed by atoms with Gasteiger partial charge in [-0.05, 0) is 24.6 Å². The molecule has 6 heteroatoms. The first-order chi connectivity index (χ1) is 11.6. The fraction of sp³-hybridized carbons (Fsp3) is 0.611. The van der Waals surface area contributed by atoms with Crippen LogP contribution in [0, 0.1) is 5.82 Å². The molecular formula is C18H26FN3O2. The van der Waals surface area contributed by atoms with Crippen LogP contribution >= 0.6 is 0 Å². The van der Waals surface area contributed by atoms with E-state index in [-0.39, 0.29) is 17.8 Å². The summed E-state index contributed by atoms with van der Waals surface area (Å²) in [6.07, 6.45) is 0. The third kappa shape index (κ3) is 4.32. The summed E-state index contributed by atoms with van der Waals surface area (Å²) < 4.78 is 18.4. The molecule has 0 spiro atoms. The number of nitrogens with zero attached hydrogens (tertiary/aromatic N) is 3. The monoisotopic (exact) mass is 335 g/mol. The maximum Gasteiger partial charge on any atom is 0.236 e. The van der Waals surface area contributed by atoms with Crippen LogP contribution in [0.2, 0.25) is 0 Å². The van der Waals surface area contributed by atoms with Crippen LogP contribution in [0.5, 0.6) is 0 Å². The van der Waals surface area contributed by atoms with E-state index < -0.39 is 0 Å². The molecule has 1 amide bonds. The highest BCUT2D eigenvalue weighted by molar-refractivity contribution is 5.78. The van der Waals surface area contributed by atoms with Crippen molar-refractivity contribution < 1.29 is 13.9 Å². The highest BCUT2D eigenvalue weighted by atomic mass is 19.1. The molecule has 0 radical (unpaired) electrons. The average molecular weight is 335 g/mol. The zero-order valence-corrected chi connectivity index (χ0v) is 14.3. The van der Waals surface area contributed by atoms with Crippen molar-refractivity contribution in [3.8, 4) is 0 Å². The first-order valence-electron chi connectivity index (χ1n) is 8.71. The van der Waals surface area contributed by atoms with Gasteiger partial charge in [0.2, 0.25) is 5.91 Å². The SMILES string of the molecule is C[C@H](c1ccc(F)cc1)N1CCN(C(=O)CN2CCOCC2)CC1. The standard InChI is InChI=1S/C18H26FN3O2/c1-15(16-2-4-17(19)5-3-16)21-6-8-22(9-7-21)18(23)14-20-10-12-24-13-11-20/h2-5,15H,6-14H2,1H3/t15-/m1/s1. The summed E-state index contributed by atoms with van der Waals surface area (Å²) in [4.78, 5) is 18.9. The van der Waals surface area contributed by atoms with Gasteiger partial charge < -0.3 is 9.64 Å². The summed E-state index contributed by atoms with van der Waals surface area (Å²) in [5.74, 6) is 0.00969. The van der Waals surface area contributed by atoms with Crippen molar-refractivity contribution in [2.75, 3.05) is 59.0 Å². The maximum absolute atomic E-state index is 13.1. The lowest BCUT2D eigenvalue weighted by Crippen LogP contribution is -2.52. The summed E-state index contributed by atoms with van der Waals surface area (Å²) in [5, 5.41) is 0. The van der Waals surface area contributed by atoms with Crippen LogP contribution in [0.4, 0.5) is 4.39 Å². The Labute approximate surface area is 143 Å². The van der Waals surface area contributed by atoms with E-state index >= 15 is 0 Å². The Hall–Kier alpha value is -1.50. The predicted molar refractivity (Wildman–Crippen MR) is 90.2 cm³/mol. The number of benzene rings is 1. The van der Waals surface area contributed by atoms with Gasteiger partial charge in [-0.2, -0.15) is 0 Å². The van der Waals surface area contributed by atoms with Crippen molar-refractivity contribution in [1.82, 2.24) is 14.7 Å². The van der Waals surface area contributed by atoms with Gasteiger partial charge in [0.15, 0.2) is 0 Å². The van der Waals surface area contributed by atoms with Gasteiger partial charge in [-0.25, -0.2) is 4.39 Å². The number of rotatable bonds is 4. The van der Waals surface area contributed by atoms with E-state index in [0.717, 1.165) is 58.0 Å². The number of hydrogen-bond donors (Lipinski definition) is 0. The summed E-state index contributed by atoms with van der Waals surface area (Å²) >= 11 is 0. The minimum Gasteiger partial charge on any atom is -0.379 e. The molecule has 2 fully saturated rings. The van der Waals surface area contributed by atoms with Gasteiger partial charge in [-0.1, -0.05) is 12.1 Å². The zero-order chi connectivity index (χ0) is 16.9. The Morgan fingerprint density at radius 1 is 1.08 bits per heavy atom. The largest absolute Gasteiger partial charge is 0.379 e. The molecule has 0 N–H and O–H groups in total. The third-order valence-corrected chi connectivity index (χ3v) is 5.03. The number of hydrogen-bond acceptors (Lipinski definition) is 4. The number of halogens is 1. The number of carbonyl (C=O) groups excluding carboxylic acids is 1. The van der Waals surface area contributed by atoms with E-state index in [1.54, 1.807) is 0 Å². The second-order valence-corrected chi connectivity index (χ2v) is 6.53.